The van der Waals surface area contributed by atoms with Crippen molar-refractivity contribution in [3.05, 3.63) is 0 Å². The van der Waals surface area contributed by atoms with Crippen LogP contribution in [0.5, 0.6) is 0 Å². The van der Waals surface area contributed by atoms with Crippen molar-refractivity contribution < 1.29 is 4.21 Å². The molecular weight excluding hydrogens is 146 g/mol. The molecule has 0 heterocycles. The summed E-state index contributed by atoms with van der Waals surface area (Å²) in [7, 11) is -0.685. The summed E-state index contributed by atoms with van der Waals surface area (Å²) in [5.74, 6) is 3.23. The minimum Gasteiger partial charge on any atom is -0.315 e. The van der Waals surface area contributed by atoms with Gasteiger partial charge in [-0.05, 0) is 0 Å². The summed E-state index contributed by atoms with van der Waals surface area (Å²) in [6.07, 6.45) is 7.46. The Morgan fingerprint density at radius 3 is 2.80 bits per heavy atom. The van der Waals surface area contributed by atoms with Crippen molar-refractivity contribution in [1.29, 1.82) is 0 Å². The smallest absolute Gasteiger partial charge is 0.0357 e. The third-order valence-electron chi connectivity index (χ3n) is 1.01. The fourth-order valence-electron chi connectivity index (χ4n) is 0.501. The highest BCUT2D eigenvalue weighted by molar-refractivity contribution is 7.84. The van der Waals surface area contributed by atoms with Crippen LogP contribution >= 0.6 is 0 Å². The van der Waals surface area contributed by atoms with E-state index < -0.39 is 10.8 Å². The molecule has 0 aliphatic heterocycles. The molecule has 0 amide bonds. The number of terminal acetylenes is 1. The maximum atomic E-state index is 10.5. The van der Waals surface area contributed by atoms with Gasteiger partial charge >= 0.3 is 0 Å². The van der Waals surface area contributed by atoms with Crippen LogP contribution in [-0.4, -0.2) is 29.3 Å². The fraction of sp³-hybridized carbons (Fsp3) is 0.714. The quantitative estimate of drug-likeness (QED) is 0.451. The van der Waals surface area contributed by atoms with Crippen LogP contribution in [0.1, 0.15) is 6.42 Å². The van der Waals surface area contributed by atoms with Gasteiger partial charge in [0.05, 0.1) is 0 Å². The second kappa shape index (κ2) is 6.79. The number of hydrogen-bond acceptors (Lipinski definition) is 2. The molecule has 1 N–H and O–H groups in total. The van der Waals surface area contributed by atoms with Gasteiger partial charge in [0.15, 0.2) is 0 Å². The van der Waals surface area contributed by atoms with E-state index in [4.69, 9.17) is 6.42 Å². The molecule has 0 saturated heterocycles. The van der Waals surface area contributed by atoms with Gasteiger partial charge in [-0.15, -0.1) is 12.3 Å². The highest BCUT2D eigenvalue weighted by Gasteiger charge is 1.88. The van der Waals surface area contributed by atoms with E-state index in [0.717, 1.165) is 19.5 Å². The molecule has 0 bridgehead atoms. The molecule has 58 valence electrons. The Bertz CT molecular complexity index is 139. The van der Waals surface area contributed by atoms with Gasteiger partial charge in [0.1, 0.15) is 0 Å². The molecule has 0 aromatic carbocycles. The summed E-state index contributed by atoms with van der Waals surface area (Å²) >= 11 is 0. The maximum Gasteiger partial charge on any atom is 0.0357 e. The van der Waals surface area contributed by atoms with Crippen LogP contribution < -0.4 is 5.32 Å². The van der Waals surface area contributed by atoms with Crippen molar-refractivity contribution in [1.82, 2.24) is 5.32 Å². The minimum absolute atomic E-state index is 0.685. The highest BCUT2D eigenvalue weighted by atomic mass is 32.2. The first-order valence-corrected chi connectivity index (χ1v) is 4.94. The second-order valence-electron chi connectivity index (χ2n) is 1.98. The van der Waals surface area contributed by atoms with E-state index in [-0.39, 0.29) is 0 Å². The molecule has 0 aromatic heterocycles. The van der Waals surface area contributed by atoms with Crippen molar-refractivity contribution in [2.75, 3.05) is 25.1 Å². The van der Waals surface area contributed by atoms with E-state index in [1.807, 2.05) is 0 Å². The third-order valence-corrected chi connectivity index (χ3v) is 1.79. The van der Waals surface area contributed by atoms with Crippen LogP contribution in [0.4, 0.5) is 0 Å². The van der Waals surface area contributed by atoms with E-state index >= 15 is 0 Å². The van der Waals surface area contributed by atoms with Gasteiger partial charge in [0, 0.05) is 42.3 Å². The molecule has 0 aliphatic carbocycles. The van der Waals surface area contributed by atoms with Crippen LogP contribution in [0, 0.1) is 12.3 Å². The second-order valence-corrected chi connectivity index (χ2v) is 3.54. The molecule has 0 saturated carbocycles. The van der Waals surface area contributed by atoms with Crippen LogP contribution in [0.15, 0.2) is 0 Å². The van der Waals surface area contributed by atoms with Gasteiger partial charge in [-0.3, -0.25) is 4.21 Å². The van der Waals surface area contributed by atoms with Gasteiger partial charge in [-0.1, -0.05) is 0 Å². The highest BCUT2D eigenvalue weighted by Crippen LogP contribution is 1.73. The van der Waals surface area contributed by atoms with Gasteiger partial charge in [-0.2, -0.15) is 0 Å². The Labute approximate surface area is 64.9 Å². The average molecular weight is 159 g/mol. The van der Waals surface area contributed by atoms with E-state index in [1.165, 1.54) is 0 Å². The number of nitrogens with one attached hydrogen (secondary N) is 1. The largest absolute Gasteiger partial charge is 0.315 e. The normalized spacial score (nSPS) is 12.4. The lowest BCUT2D eigenvalue weighted by Crippen LogP contribution is -2.20. The average Bonchev–Trinajstić information content (AvgIpc) is 1.87. The molecule has 0 rings (SSSR count). The standard InChI is InChI=1S/C7H13NOS/c1-3-4-5-8-6-7-10(2)9/h1,8H,4-7H2,2H3. The molecule has 2 nitrogen and oxygen atoms in total. The first-order chi connectivity index (χ1) is 4.77. The fourth-order valence-corrected chi connectivity index (χ4v) is 0.933. The van der Waals surface area contributed by atoms with Crippen LogP contribution in [-0.2, 0) is 10.8 Å². The zero-order valence-corrected chi connectivity index (χ0v) is 7.04. The maximum absolute atomic E-state index is 10.5. The molecule has 0 fully saturated rings. The van der Waals surface area contributed by atoms with Crippen molar-refractivity contribution in [2.24, 2.45) is 0 Å². The topological polar surface area (TPSA) is 29.1 Å². The molecule has 0 aliphatic rings. The van der Waals surface area contributed by atoms with Gasteiger partial charge in [-0.25, -0.2) is 0 Å². The Kier molecular flexibility index (Phi) is 6.56. The van der Waals surface area contributed by atoms with E-state index in [2.05, 4.69) is 11.2 Å². The Morgan fingerprint density at radius 1 is 1.60 bits per heavy atom. The van der Waals surface area contributed by atoms with Crippen LogP contribution in [0.25, 0.3) is 0 Å². The predicted molar refractivity (Wildman–Crippen MR) is 45.3 cm³/mol. The van der Waals surface area contributed by atoms with Crippen molar-refractivity contribution in [3.8, 4) is 12.3 Å². The van der Waals surface area contributed by atoms with E-state index in [0.29, 0.717) is 5.75 Å². The van der Waals surface area contributed by atoms with Crippen LogP contribution in [0.2, 0.25) is 0 Å². The molecular formula is C7H13NOS. The lowest BCUT2D eigenvalue weighted by Gasteiger charge is -1.98. The monoisotopic (exact) mass is 159 g/mol. The van der Waals surface area contributed by atoms with Gasteiger partial charge in [0.2, 0.25) is 0 Å². The Hall–Kier alpha value is -0.330. The first-order valence-electron chi connectivity index (χ1n) is 3.21. The van der Waals surface area contributed by atoms with Gasteiger partial charge in [0.25, 0.3) is 0 Å². The summed E-state index contributed by atoms with van der Waals surface area (Å²) in [6, 6.07) is 0. The molecule has 0 radical (unpaired) electrons. The zero-order valence-electron chi connectivity index (χ0n) is 6.22. The SMILES string of the molecule is C#CCCNCCS(C)=O. The summed E-state index contributed by atoms with van der Waals surface area (Å²) < 4.78 is 10.5. The van der Waals surface area contributed by atoms with E-state index in [1.54, 1.807) is 6.26 Å². The zero-order chi connectivity index (χ0) is 7.82. The Balaban J connectivity index is 2.92. The Morgan fingerprint density at radius 2 is 2.30 bits per heavy atom. The van der Waals surface area contributed by atoms with Crippen molar-refractivity contribution in [3.63, 3.8) is 0 Å². The van der Waals surface area contributed by atoms with Crippen molar-refractivity contribution in [2.45, 2.75) is 6.42 Å². The summed E-state index contributed by atoms with van der Waals surface area (Å²) in [4.78, 5) is 0. The first kappa shape index (κ1) is 9.67. The molecule has 10 heavy (non-hydrogen) atoms. The lowest BCUT2D eigenvalue weighted by molar-refractivity contribution is 0.678. The molecule has 1 atom stereocenters. The molecule has 1 unspecified atom stereocenters. The van der Waals surface area contributed by atoms with Gasteiger partial charge < -0.3 is 5.32 Å². The van der Waals surface area contributed by atoms with Crippen LogP contribution in [0.3, 0.4) is 0 Å². The molecule has 0 aromatic rings. The lowest BCUT2D eigenvalue weighted by atomic mass is 10.4. The summed E-state index contributed by atoms with van der Waals surface area (Å²) in [5.41, 5.74) is 0. The molecule has 0 spiro atoms. The van der Waals surface area contributed by atoms with E-state index in [9.17, 15) is 4.21 Å². The summed E-state index contributed by atoms with van der Waals surface area (Å²) in [6.45, 7) is 1.62. The predicted octanol–water partition coefficient (Wildman–Crippen LogP) is -0.0222. The number of hydrogen-bond donors (Lipinski definition) is 1. The summed E-state index contributed by atoms with van der Waals surface area (Å²) in [5, 5.41) is 3.08. The molecule has 3 heteroatoms. The van der Waals surface area contributed by atoms with Crippen molar-refractivity contribution >= 4 is 10.8 Å². The third kappa shape index (κ3) is 7.67. The minimum atomic E-state index is -0.685. The number of rotatable bonds is 5.